The summed E-state index contributed by atoms with van der Waals surface area (Å²) in [5, 5.41) is 15.2. The van der Waals surface area contributed by atoms with Crippen molar-refractivity contribution in [3.05, 3.63) is 88.7 Å². The van der Waals surface area contributed by atoms with Gasteiger partial charge in [0.25, 0.3) is 0 Å². The minimum Gasteiger partial charge on any atom is -0.493 e. The van der Waals surface area contributed by atoms with Crippen LogP contribution in [0.5, 0.6) is 17.2 Å². The first-order valence-electron chi connectivity index (χ1n) is 16.4. The summed E-state index contributed by atoms with van der Waals surface area (Å²) in [6, 6.07) is 10.8. The van der Waals surface area contributed by atoms with Gasteiger partial charge in [-0.3, -0.25) is 9.69 Å². The van der Waals surface area contributed by atoms with E-state index in [0.29, 0.717) is 46.2 Å². The Hall–Kier alpha value is -4.43. The highest BCUT2D eigenvalue weighted by atomic mass is 35.5. The van der Waals surface area contributed by atoms with E-state index in [1.54, 1.807) is 19.9 Å². The Morgan fingerprint density at radius 1 is 1.14 bits per heavy atom. The maximum absolute atomic E-state index is 13.3. The Balaban J connectivity index is 1.55. The molecule has 5 rings (SSSR count). The van der Waals surface area contributed by atoms with Crippen LogP contribution in [-0.2, 0) is 16.6 Å². The summed E-state index contributed by atoms with van der Waals surface area (Å²) >= 11 is 6.63. The third-order valence-corrected chi connectivity index (χ3v) is 9.07. The monoisotopic (exact) mass is 726 g/mol. The van der Waals surface area contributed by atoms with Gasteiger partial charge in [-0.15, -0.1) is 0 Å². The van der Waals surface area contributed by atoms with E-state index >= 15 is 0 Å². The van der Waals surface area contributed by atoms with Gasteiger partial charge in [-0.2, -0.15) is 13.2 Å². The van der Waals surface area contributed by atoms with Crippen molar-refractivity contribution in [1.82, 2.24) is 19.8 Å². The maximum atomic E-state index is 13.3. The van der Waals surface area contributed by atoms with Crippen molar-refractivity contribution in [2.24, 2.45) is 11.7 Å². The number of hydrogen-bond donors (Lipinski definition) is 3. The average Bonchev–Trinajstić information content (AvgIpc) is 3.05. The zero-order valence-corrected chi connectivity index (χ0v) is 29.8. The van der Waals surface area contributed by atoms with Gasteiger partial charge in [-0.1, -0.05) is 23.7 Å². The molecular weight excluding hydrogens is 685 g/mol. The molecule has 2 heterocycles. The quantitative estimate of drug-likeness (QED) is 0.128. The van der Waals surface area contributed by atoms with Crippen molar-refractivity contribution >= 4 is 39.9 Å². The predicted molar refractivity (Wildman–Crippen MR) is 192 cm³/mol. The normalized spacial score (nSPS) is 15.4. The van der Waals surface area contributed by atoms with Crippen LogP contribution in [0.1, 0.15) is 49.4 Å². The topological polar surface area (TPSA) is 126 Å². The molecule has 1 saturated heterocycles. The van der Waals surface area contributed by atoms with Crippen molar-refractivity contribution in [3.8, 4) is 17.2 Å². The van der Waals surface area contributed by atoms with Gasteiger partial charge < -0.3 is 30.5 Å². The summed E-state index contributed by atoms with van der Waals surface area (Å²) < 4.78 is 52.3. The van der Waals surface area contributed by atoms with E-state index in [1.165, 1.54) is 36.7 Å². The van der Waals surface area contributed by atoms with Gasteiger partial charge in [-0.05, 0) is 103 Å². The number of carbonyl (C=O) groups excluding carboxylic acids is 1. The number of nitrogens with two attached hydrogens (primary N) is 1. The number of benzene rings is 3. The van der Waals surface area contributed by atoms with E-state index in [2.05, 4.69) is 27.2 Å². The van der Waals surface area contributed by atoms with Gasteiger partial charge in [0, 0.05) is 34.3 Å². The average molecular weight is 727 g/mol. The number of carbonyl (C=O) groups is 1. The van der Waals surface area contributed by atoms with Crippen LogP contribution in [-0.4, -0.2) is 71.6 Å². The fourth-order valence-corrected chi connectivity index (χ4v) is 6.17. The highest BCUT2D eigenvalue weighted by molar-refractivity contribution is 6.32. The molecule has 1 aliphatic heterocycles. The summed E-state index contributed by atoms with van der Waals surface area (Å²) in [5.74, 6) is 0.770. The largest absolute Gasteiger partial charge is 0.493 e. The lowest BCUT2D eigenvalue weighted by Gasteiger charge is -2.30. The van der Waals surface area contributed by atoms with Crippen LogP contribution in [0.25, 0.3) is 10.9 Å². The zero-order valence-electron chi connectivity index (χ0n) is 29.1. The van der Waals surface area contributed by atoms with Crippen molar-refractivity contribution in [2.75, 3.05) is 46.2 Å². The van der Waals surface area contributed by atoms with Crippen LogP contribution in [0.15, 0.2) is 67.0 Å². The number of halogens is 4. The van der Waals surface area contributed by atoms with Crippen LogP contribution in [0.4, 0.5) is 24.7 Å². The third kappa shape index (κ3) is 9.47. The van der Waals surface area contributed by atoms with E-state index in [4.69, 9.17) is 26.8 Å². The zero-order chi connectivity index (χ0) is 37.1. The van der Waals surface area contributed by atoms with Crippen molar-refractivity contribution in [3.63, 3.8) is 0 Å². The molecule has 51 heavy (non-hydrogen) atoms. The summed E-state index contributed by atoms with van der Waals surface area (Å²) in [7, 11) is 5.86. The molecule has 4 N–H and O–H groups in total. The molecule has 1 amide bonds. The molecule has 1 atom stereocenters. The smallest absolute Gasteiger partial charge is 0.416 e. The lowest BCUT2D eigenvalue weighted by atomic mass is 9.95. The first-order chi connectivity index (χ1) is 24.0. The number of hydrogen-bond acceptors (Lipinski definition) is 9. The standard InChI is InChI=1S/C37H42ClF3N6O4/c1-36(2,49)27-17-33(51-24-8-6-7-23(15-24)37(39,40)41)28(38)18-30(27)45-35-25-16-26(31(46(3)4)9-10-34(42)48)32(19-29(25)43-21-44-35)50-20-22-11-13-47(5)14-12-22/h6-10,15-19,21-22,31,49H,11-14,20H2,1-5H3,(H2,42,48)(H,43,44,45). The number of primary amides is 1. The Bertz CT molecular complexity index is 1910. The molecule has 1 aliphatic rings. The van der Waals surface area contributed by atoms with Crippen molar-refractivity contribution in [1.29, 1.82) is 0 Å². The summed E-state index contributed by atoms with van der Waals surface area (Å²) in [4.78, 5) is 25.0. The minimum absolute atomic E-state index is 0.0509. The van der Waals surface area contributed by atoms with Gasteiger partial charge in [0.2, 0.25) is 5.91 Å². The number of nitrogens with one attached hydrogen (secondary N) is 1. The van der Waals surface area contributed by atoms with Gasteiger partial charge >= 0.3 is 6.18 Å². The molecule has 0 aliphatic carbocycles. The number of anilines is 2. The van der Waals surface area contributed by atoms with E-state index < -0.39 is 29.3 Å². The molecule has 0 spiro atoms. The third-order valence-electron chi connectivity index (χ3n) is 8.77. The number of fused-ring (bicyclic) bond motifs is 1. The second-order valence-corrected chi connectivity index (χ2v) is 13.9. The first kappa shape index (κ1) is 37.8. The number of likely N-dealkylation sites (tertiary alicyclic amines) is 1. The number of piperidine rings is 1. The molecule has 1 unspecified atom stereocenters. The molecule has 3 aromatic carbocycles. The summed E-state index contributed by atoms with van der Waals surface area (Å²) in [5.41, 5.74) is 5.20. The van der Waals surface area contributed by atoms with Gasteiger partial charge in [0.05, 0.1) is 34.4 Å². The van der Waals surface area contributed by atoms with Crippen LogP contribution >= 0.6 is 11.6 Å². The van der Waals surface area contributed by atoms with E-state index in [9.17, 15) is 23.1 Å². The fraction of sp³-hybridized carbons (Fsp3) is 0.378. The first-order valence-corrected chi connectivity index (χ1v) is 16.8. The molecule has 1 aromatic heterocycles. The fourth-order valence-electron chi connectivity index (χ4n) is 5.96. The maximum Gasteiger partial charge on any atom is 0.416 e. The summed E-state index contributed by atoms with van der Waals surface area (Å²) in [6.45, 7) is 5.64. The lowest BCUT2D eigenvalue weighted by Crippen LogP contribution is -2.32. The highest BCUT2D eigenvalue weighted by Gasteiger charge is 2.31. The number of nitrogens with zero attached hydrogens (tertiary/aromatic N) is 4. The van der Waals surface area contributed by atoms with E-state index in [-0.39, 0.29) is 16.5 Å². The van der Waals surface area contributed by atoms with Crippen molar-refractivity contribution < 1.29 is 32.5 Å². The Morgan fingerprint density at radius 2 is 1.86 bits per heavy atom. The lowest BCUT2D eigenvalue weighted by molar-refractivity contribution is -0.137. The number of likely N-dealkylation sites (N-methyl/N-ethyl adjacent to an activating group) is 1. The Labute approximate surface area is 300 Å². The number of alkyl halides is 3. The molecule has 0 radical (unpaired) electrons. The molecule has 0 saturated carbocycles. The van der Waals surface area contributed by atoms with E-state index in [1.807, 2.05) is 31.1 Å². The molecule has 10 nitrogen and oxygen atoms in total. The molecular formula is C37H42ClF3N6O4. The van der Waals surface area contributed by atoms with Gasteiger partial charge in [0.15, 0.2) is 0 Å². The molecule has 14 heteroatoms. The van der Waals surface area contributed by atoms with Crippen LogP contribution in [0, 0.1) is 5.92 Å². The Kier molecular flexibility index (Phi) is 11.4. The number of ether oxygens (including phenoxy) is 2. The van der Waals surface area contributed by atoms with Gasteiger partial charge in [0.1, 0.15) is 29.4 Å². The second-order valence-electron chi connectivity index (χ2n) is 13.5. The number of aromatic nitrogens is 2. The molecule has 4 aromatic rings. The summed E-state index contributed by atoms with van der Waals surface area (Å²) in [6.07, 6.45) is 1.90. The number of aliphatic hydroxyl groups is 1. The van der Waals surface area contributed by atoms with Crippen LogP contribution < -0.4 is 20.5 Å². The number of amides is 1. The van der Waals surface area contributed by atoms with Gasteiger partial charge in [-0.25, -0.2) is 9.97 Å². The SMILES string of the molecule is CN1CCC(COc2cc3ncnc(Nc4cc(Cl)c(Oc5cccc(C(F)(F)F)c5)cc4C(C)(C)O)c3cc2C(C=CC(N)=O)N(C)C)CC1. The van der Waals surface area contributed by atoms with Crippen LogP contribution in [0.2, 0.25) is 5.02 Å². The molecule has 1 fully saturated rings. The highest BCUT2D eigenvalue weighted by Crippen LogP contribution is 2.42. The van der Waals surface area contributed by atoms with Crippen LogP contribution in [0.3, 0.4) is 0 Å². The molecule has 272 valence electrons. The second kappa shape index (κ2) is 15.4. The molecule has 0 bridgehead atoms. The van der Waals surface area contributed by atoms with E-state index in [0.717, 1.165) is 43.6 Å². The predicted octanol–water partition coefficient (Wildman–Crippen LogP) is 7.43. The van der Waals surface area contributed by atoms with Crippen molar-refractivity contribution in [2.45, 2.75) is 44.5 Å². The number of rotatable bonds is 12. The minimum atomic E-state index is -4.56. The Morgan fingerprint density at radius 3 is 2.51 bits per heavy atom.